The molecule has 0 aliphatic carbocycles. The fraction of sp³-hybridized carbons (Fsp3) is 0.312. The van der Waals surface area contributed by atoms with Crippen LogP contribution in [0.15, 0.2) is 30.3 Å². The molecule has 0 bridgehead atoms. The van der Waals surface area contributed by atoms with Crippen molar-refractivity contribution in [2.24, 2.45) is 0 Å². The highest BCUT2D eigenvalue weighted by Crippen LogP contribution is 2.18. The van der Waals surface area contributed by atoms with Crippen LogP contribution in [0.5, 0.6) is 0 Å². The van der Waals surface area contributed by atoms with E-state index in [0.717, 1.165) is 23.5 Å². The molecule has 0 radical (unpaired) electrons. The molecular formula is C16H19NO. The lowest BCUT2D eigenvalue weighted by Crippen LogP contribution is -2.06. The molecule has 18 heavy (non-hydrogen) atoms. The maximum atomic E-state index is 11.5. The Hall–Kier alpha value is -1.83. The first-order valence-corrected chi connectivity index (χ1v) is 6.23. The van der Waals surface area contributed by atoms with Gasteiger partial charge in [0.2, 0.25) is 0 Å². The summed E-state index contributed by atoms with van der Waals surface area (Å²) in [5.74, 6) is 0.138. The predicted molar refractivity (Wildman–Crippen MR) is 74.2 cm³/mol. The average molecular weight is 241 g/mol. The van der Waals surface area contributed by atoms with E-state index in [2.05, 4.69) is 42.7 Å². The first kappa shape index (κ1) is 12.6. The van der Waals surface area contributed by atoms with Gasteiger partial charge in [-0.25, -0.2) is 0 Å². The molecule has 0 amide bonds. The summed E-state index contributed by atoms with van der Waals surface area (Å²) in [6.45, 7) is 8.65. The van der Waals surface area contributed by atoms with Crippen molar-refractivity contribution in [1.82, 2.24) is 4.57 Å². The van der Waals surface area contributed by atoms with Crippen LogP contribution in [0.4, 0.5) is 0 Å². The third-order valence-corrected chi connectivity index (χ3v) is 3.54. The first-order valence-electron chi connectivity index (χ1n) is 6.23. The molecule has 0 N–H and O–H groups in total. The Kier molecular flexibility index (Phi) is 3.37. The summed E-state index contributed by atoms with van der Waals surface area (Å²) >= 11 is 0. The Morgan fingerprint density at radius 1 is 1.17 bits per heavy atom. The van der Waals surface area contributed by atoms with Crippen molar-refractivity contribution in [2.75, 3.05) is 0 Å². The largest absolute Gasteiger partial charge is 0.344 e. The summed E-state index contributed by atoms with van der Waals surface area (Å²) in [4.78, 5) is 11.5. The zero-order valence-corrected chi connectivity index (χ0v) is 11.4. The number of Topliss-reactive ketones (excluding diaryl/α,β-unsaturated/α-hetero) is 1. The highest BCUT2D eigenvalue weighted by Gasteiger charge is 2.12. The fourth-order valence-electron chi connectivity index (χ4n) is 2.36. The van der Waals surface area contributed by atoms with E-state index >= 15 is 0 Å². The highest BCUT2D eigenvalue weighted by molar-refractivity contribution is 5.95. The summed E-state index contributed by atoms with van der Waals surface area (Å²) in [5.41, 5.74) is 5.62. The minimum absolute atomic E-state index is 0.138. The van der Waals surface area contributed by atoms with Gasteiger partial charge in [-0.1, -0.05) is 24.3 Å². The monoisotopic (exact) mass is 241 g/mol. The summed E-state index contributed by atoms with van der Waals surface area (Å²) in [5, 5.41) is 0. The van der Waals surface area contributed by atoms with E-state index in [9.17, 15) is 4.79 Å². The molecule has 1 aromatic heterocycles. The Morgan fingerprint density at radius 2 is 1.83 bits per heavy atom. The second kappa shape index (κ2) is 4.81. The number of benzene rings is 1. The molecule has 0 atom stereocenters. The van der Waals surface area contributed by atoms with Gasteiger partial charge < -0.3 is 4.57 Å². The number of aromatic nitrogens is 1. The van der Waals surface area contributed by atoms with Crippen molar-refractivity contribution in [2.45, 2.75) is 34.2 Å². The molecule has 1 heterocycles. The van der Waals surface area contributed by atoms with Gasteiger partial charge in [-0.15, -0.1) is 0 Å². The van der Waals surface area contributed by atoms with Crippen molar-refractivity contribution in [1.29, 1.82) is 0 Å². The lowest BCUT2D eigenvalue weighted by molar-refractivity contribution is 0.101. The highest BCUT2D eigenvalue weighted by atomic mass is 16.1. The molecular weight excluding hydrogens is 222 g/mol. The van der Waals surface area contributed by atoms with Crippen molar-refractivity contribution in [3.05, 3.63) is 58.4 Å². The van der Waals surface area contributed by atoms with Crippen LogP contribution in [0.1, 0.15) is 39.8 Å². The second-order valence-corrected chi connectivity index (χ2v) is 4.85. The number of hydrogen-bond acceptors (Lipinski definition) is 1. The molecule has 1 aromatic carbocycles. The van der Waals surface area contributed by atoms with Gasteiger partial charge in [0.25, 0.3) is 0 Å². The van der Waals surface area contributed by atoms with Gasteiger partial charge in [0.1, 0.15) is 0 Å². The maximum absolute atomic E-state index is 11.5. The van der Waals surface area contributed by atoms with E-state index in [0.29, 0.717) is 0 Å². The zero-order valence-electron chi connectivity index (χ0n) is 11.4. The van der Waals surface area contributed by atoms with Gasteiger partial charge in [0.15, 0.2) is 5.78 Å². The number of rotatable bonds is 3. The number of carbonyl (C=O) groups excluding carboxylic acids is 1. The third-order valence-electron chi connectivity index (χ3n) is 3.54. The molecule has 0 aliphatic rings. The van der Waals surface area contributed by atoms with Gasteiger partial charge in [-0.3, -0.25) is 4.79 Å². The Balaban J connectivity index is 2.41. The lowest BCUT2D eigenvalue weighted by Gasteiger charge is -2.11. The van der Waals surface area contributed by atoms with Crippen LogP contribution in [0.3, 0.4) is 0 Å². The molecule has 0 saturated heterocycles. The molecule has 2 heteroatoms. The van der Waals surface area contributed by atoms with Crippen LogP contribution in [-0.4, -0.2) is 10.4 Å². The van der Waals surface area contributed by atoms with Crippen molar-refractivity contribution in [3.63, 3.8) is 0 Å². The van der Waals surface area contributed by atoms with Gasteiger partial charge in [-0.05, 0) is 44.9 Å². The first-order chi connectivity index (χ1) is 8.50. The molecule has 0 unspecified atom stereocenters. The van der Waals surface area contributed by atoms with Gasteiger partial charge >= 0.3 is 0 Å². The van der Waals surface area contributed by atoms with Gasteiger partial charge in [0, 0.05) is 23.5 Å². The van der Waals surface area contributed by atoms with E-state index < -0.39 is 0 Å². The maximum Gasteiger partial charge on any atom is 0.161 e. The Bertz CT molecular complexity index is 593. The van der Waals surface area contributed by atoms with E-state index in [1.54, 1.807) is 6.92 Å². The van der Waals surface area contributed by atoms with Crippen LogP contribution in [0.2, 0.25) is 0 Å². The number of nitrogens with zero attached hydrogens (tertiary/aromatic N) is 1. The zero-order chi connectivity index (χ0) is 13.3. The molecule has 2 rings (SSSR count). The predicted octanol–water partition coefficient (Wildman–Crippen LogP) is 3.66. The molecule has 0 fully saturated rings. The minimum atomic E-state index is 0.138. The summed E-state index contributed by atoms with van der Waals surface area (Å²) in [6, 6.07) is 10.4. The number of hydrogen-bond donors (Lipinski definition) is 0. The van der Waals surface area contributed by atoms with Gasteiger partial charge in [-0.2, -0.15) is 0 Å². The normalized spacial score (nSPS) is 10.7. The SMILES string of the molecule is CC(=O)c1cc(C)n(Cc2ccccc2C)c1C. The molecule has 0 spiro atoms. The van der Waals surface area contributed by atoms with E-state index in [-0.39, 0.29) is 5.78 Å². The van der Waals surface area contributed by atoms with Crippen LogP contribution in [0.25, 0.3) is 0 Å². The van der Waals surface area contributed by atoms with Crippen molar-refractivity contribution < 1.29 is 4.79 Å². The summed E-state index contributed by atoms with van der Waals surface area (Å²) in [6.07, 6.45) is 0. The smallest absolute Gasteiger partial charge is 0.161 e. The standard InChI is InChI=1S/C16H19NO/c1-11-7-5-6-8-15(11)10-17-12(2)9-16(13(17)3)14(4)18/h5-9H,10H2,1-4H3. The Morgan fingerprint density at radius 3 is 2.39 bits per heavy atom. The molecule has 2 aromatic rings. The van der Waals surface area contributed by atoms with Crippen LogP contribution < -0.4 is 0 Å². The van der Waals surface area contributed by atoms with E-state index in [4.69, 9.17) is 0 Å². The Labute approximate surface area is 108 Å². The molecule has 0 aliphatic heterocycles. The van der Waals surface area contributed by atoms with Crippen molar-refractivity contribution >= 4 is 5.78 Å². The quantitative estimate of drug-likeness (QED) is 0.752. The molecule has 94 valence electrons. The van der Waals surface area contributed by atoms with Crippen molar-refractivity contribution in [3.8, 4) is 0 Å². The number of carbonyl (C=O) groups is 1. The molecule has 0 saturated carbocycles. The van der Waals surface area contributed by atoms with Crippen LogP contribution >= 0.6 is 0 Å². The lowest BCUT2D eigenvalue weighted by atomic mass is 10.1. The minimum Gasteiger partial charge on any atom is -0.344 e. The summed E-state index contributed by atoms with van der Waals surface area (Å²) < 4.78 is 2.21. The fourth-order valence-corrected chi connectivity index (χ4v) is 2.36. The van der Waals surface area contributed by atoms with Crippen LogP contribution in [0, 0.1) is 20.8 Å². The third kappa shape index (κ3) is 2.23. The number of ketones is 1. The van der Waals surface area contributed by atoms with E-state index in [1.165, 1.54) is 11.1 Å². The number of aryl methyl sites for hydroxylation is 2. The summed E-state index contributed by atoms with van der Waals surface area (Å²) in [7, 11) is 0. The van der Waals surface area contributed by atoms with E-state index in [1.807, 2.05) is 13.0 Å². The van der Waals surface area contributed by atoms with Gasteiger partial charge in [0.05, 0.1) is 0 Å². The average Bonchev–Trinajstić information content (AvgIpc) is 2.60. The topological polar surface area (TPSA) is 22.0 Å². The van der Waals surface area contributed by atoms with Crippen LogP contribution in [-0.2, 0) is 6.54 Å². The molecule has 2 nitrogen and oxygen atoms in total. The second-order valence-electron chi connectivity index (χ2n) is 4.85.